The van der Waals surface area contributed by atoms with Crippen LogP contribution in [0.15, 0.2) is 48.5 Å². The quantitative estimate of drug-likeness (QED) is 0.684. The van der Waals surface area contributed by atoms with Gasteiger partial charge >= 0.3 is 6.18 Å². The number of rotatable bonds is 3. The molecule has 6 heteroatoms. The Morgan fingerprint density at radius 1 is 1.00 bits per heavy atom. The van der Waals surface area contributed by atoms with E-state index in [1.54, 1.807) is 18.2 Å². The van der Waals surface area contributed by atoms with Gasteiger partial charge in [0.05, 0.1) is 11.3 Å². The van der Waals surface area contributed by atoms with Crippen LogP contribution in [-0.4, -0.2) is 4.98 Å². The Morgan fingerprint density at radius 3 is 2.50 bits per heavy atom. The predicted octanol–water partition coefficient (Wildman–Crippen LogP) is 4.90. The van der Waals surface area contributed by atoms with E-state index < -0.39 is 11.7 Å². The Bertz CT molecular complexity index is 807. The van der Waals surface area contributed by atoms with Gasteiger partial charge in [-0.05, 0) is 36.4 Å². The molecule has 0 unspecified atom stereocenters. The van der Waals surface area contributed by atoms with Crippen LogP contribution in [0.3, 0.4) is 0 Å². The van der Waals surface area contributed by atoms with Crippen molar-refractivity contribution < 1.29 is 22.3 Å². The fourth-order valence-electron chi connectivity index (χ4n) is 2.18. The van der Waals surface area contributed by atoms with Crippen molar-refractivity contribution in [1.29, 1.82) is 0 Å². The highest BCUT2D eigenvalue weighted by atomic mass is 19.4. The number of aromatic amines is 1. The smallest absolute Gasteiger partial charge is 0.416 e. The maximum atomic E-state index is 13.6. The zero-order valence-corrected chi connectivity index (χ0v) is 11.2. The molecule has 0 radical (unpaired) electrons. The van der Waals surface area contributed by atoms with Crippen LogP contribution in [0.5, 0.6) is 5.75 Å². The minimum Gasteiger partial charge on any atom is -0.487 e. The molecule has 0 spiro atoms. The van der Waals surface area contributed by atoms with E-state index in [1.165, 1.54) is 18.2 Å². The number of H-pyrrole nitrogens is 1. The van der Waals surface area contributed by atoms with Crippen molar-refractivity contribution in [3.8, 4) is 5.75 Å². The highest BCUT2D eigenvalue weighted by molar-refractivity contribution is 5.80. The second-order valence-corrected chi connectivity index (χ2v) is 4.81. The van der Waals surface area contributed by atoms with Gasteiger partial charge in [0.25, 0.3) is 0 Å². The molecule has 1 N–H and O–H groups in total. The number of aromatic nitrogens is 1. The third kappa shape index (κ3) is 2.90. The molecule has 0 bridgehead atoms. The highest BCUT2D eigenvalue weighted by Crippen LogP contribution is 2.31. The number of ether oxygens (including phenoxy) is 1. The molecule has 0 aliphatic heterocycles. The normalized spacial score (nSPS) is 11.8. The summed E-state index contributed by atoms with van der Waals surface area (Å²) < 4.78 is 56.7. The van der Waals surface area contributed by atoms with Crippen LogP contribution in [0.25, 0.3) is 10.9 Å². The molecule has 0 amide bonds. The molecule has 3 aromatic rings. The number of benzene rings is 2. The van der Waals surface area contributed by atoms with Gasteiger partial charge in [-0.2, -0.15) is 13.2 Å². The number of nitrogens with one attached hydrogen (secondary N) is 1. The predicted molar refractivity (Wildman–Crippen MR) is 74.0 cm³/mol. The number of hydrogen-bond donors (Lipinski definition) is 1. The van der Waals surface area contributed by atoms with Gasteiger partial charge in [-0.15, -0.1) is 0 Å². The van der Waals surface area contributed by atoms with Crippen molar-refractivity contribution in [2.45, 2.75) is 12.8 Å². The van der Waals surface area contributed by atoms with Crippen LogP contribution in [0.4, 0.5) is 17.6 Å². The fraction of sp³-hybridized carbons (Fsp3) is 0.125. The Kier molecular flexibility index (Phi) is 3.52. The van der Waals surface area contributed by atoms with Crippen molar-refractivity contribution in [3.05, 3.63) is 65.6 Å². The summed E-state index contributed by atoms with van der Waals surface area (Å²) in [7, 11) is 0. The molecule has 3 rings (SSSR count). The lowest BCUT2D eigenvalue weighted by atomic mass is 10.2. The zero-order chi connectivity index (χ0) is 15.7. The Hall–Kier alpha value is -2.50. The molecule has 0 saturated carbocycles. The maximum absolute atomic E-state index is 13.6. The van der Waals surface area contributed by atoms with E-state index in [2.05, 4.69) is 4.98 Å². The summed E-state index contributed by atoms with van der Waals surface area (Å²) in [6.07, 6.45) is -4.41. The molecule has 114 valence electrons. The van der Waals surface area contributed by atoms with E-state index in [4.69, 9.17) is 4.74 Å². The monoisotopic (exact) mass is 309 g/mol. The largest absolute Gasteiger partial charge is 0.487 e. The number of halogens is 4. The molecule has 2 nitrogen and oxygen atoms in total. The molecule has 1 heterocycles. The van der Waals surface area contributed by atoms with Crippen molar-refractivity contribution in [2.75, 3.05) is 0 Å². The van der Waals surface area contributed by atoms with Gasteiger partial charge in [0.15, 0.2) is 0 Å². The molecule has 0 saturated heterocycles. The Labute approximate surface area is 123 Å². The lowest BCUT2D eigenvalue weighted by Crippen LogP contribution is -2.05. The number of fused-ring (bicyclic) bond motifs is 1. The van der Waals surface area contributed by atoms with Gasteiger partial charge in [0.1, 0.15) is 18.2 Å². The van der Waals surface area contributed by atoms with Crippen molar-refractivity contribution in [2.24, 2.45) is 0 Å². The van der Waals surface area contributed by atoms with Gasteiger partial charge in [-0.3, -0.25) is 0 Å². The molecule has 1 aromatic heterocycles. The van der Waals surface area contributed by atoms with E-state index in [0.717, 1.165) is 12.1 Å². The van der Waals surface area contributed by atoms with E-state index >= 15 is 0 Å². The molecule has 22 heavy (non-hydrogen) atoms. The first-order valence-electron chi connectivity index (χ1n) is 6.50. The minimum absolute atomic E-state index is 0.0232. The minimum atomic E-state index is -4.41. The summed E-state index contributed by atoms with van der Waals surface area (Å²) in [4.78, 5) is 2.96. The standard InChI is InChI=1S/C16H11F4NO/c17-14-5-2-6-15-13(14)8-11(21-15)9-22-12-4-1-3-10(7-12)16(18,19)20/h1-8,21H,9H2. The zero-order valence-electron chi connectivity index (χ0n) is 11.2. The molecule has 0 atom stereocenters. The van der Waals surface area contributed by atoms with Crippen LogP contribution in [0, 0.1) is 5.82 Å². The van der Waals surface area contributed by atoms with Crippen LogP contribution in [0.2, 0.25) is 0 Å². The van der Waals surface area contributed by atoms with Gasteiger partial charge in [-0.25, -0.2) is 4.39 Å². The second kappa shape index (κ2) is 5.36. The molecule has 0 aliphatic carbocycles. The summed E-state index contributed by atoms with van der Waals surface area (Å²) >= 11 is 0. The maximum Gasteiger partial charge on any atom is 0.416 e. The molecule has 0 fully saturated rings. The first-order chi connectivity index (χ1) is 10.4. The average Bonchev–Trinajstić information content (AvgIpc) is 2.89. The average molecular weight is 309 g/mol. The van der Waals surface area contributed by atoms with E-state index in [-0.39, 0.29) is 18.2 Å². The Balaban J connectivity index is 1.78. The van der Waals surface area contributed by atoms with Gasteiger partial charge in [0.2, 0.25) is 0 Å². The summed E-state index contributed by atoms with van der Waals surface area (Å²) in [5.41, 5.74) is 0.424. The van der Waals surface area contributed by atoms with E-state index in [1.807, 2.05) is 0 Å². The Morgan fingerprint density at radius 2 is 1.77 bits per heavy atom. The highest BCUT2D eigenvalue weighted by Gasteiger charge is 2.30. The molecule has 0 aliphatic rings. The van der Waals surface area contributed by atoms with Crippen molar-refractivity contribution in [3.63, 3.8) is 0 Å². The SMILES string of the molecule is Fc1cccc2[nH]c(COc3cccc(C(F)(F)F)c3)cc12. The van der Waals surface area contributed by atoms with Crippen molar-refractivity contribution in [1.82, 2.24) is 4.98 Å². The third-order valence-corrected chi connectivity index (χ3v) is 3.22. The van der Waals surface area contributed by atoms with Crippen LogP contribution in [0.1, 0.15) is 11.3 Å². The van der Waals surface area contributed by atoms with Gasteiger partial charge in [0, 0.05) is 10.9 Å². The second-order valence-electron chi connectivity index (χ2n) is 4.81. The lowest BCUT2D eigenvalue weighted by Gasteiger charge is -2.09. The number of hydrogen-bond acceptors (Lipinski definition) is 1. The number of alkyl halides is 3. The van der Waals surface area contributed by atoms with Crippen molar-refractivity contribution >= 4 is 10.9 Å². The first-order valence-corrected chi connectivity index (χ1v) is 6.50. The molecular formula is C16H11F4NO. The van der Waals surface area contributed by atoms with Crippen LogP contribution < -0.4 is 4.74 Å². The molecular weight excluding hydrogens is 298 g/mol. The topological polar surface area (TPSA) is 25.0 Å². The van der Waals surface area contributed by atoms with Crippen LogP contribution in [-0.2, 0) is 12.8 Å². The molecule has 2 aromatic carbocycles. The summed E-state index contributed by atoms with van der Waals surface area (Å²) in [6, 6.07) is 10.8. The van der Waals surface area contributed by atoms with E-state index in [0.29, 0.717) is 16.6 Å². The summed E-state index contributed by atoms with van der Waals surface area (Å²) in [6.45, 7) is 0.0232. The first kappa shape index (κ1) is 14.4. The summed E-state index contributed by atoms with van der Waals surface area (Å²) in [5.74, 6) is -0.256. The third-order valence-electron chi connectivity index (χ3n) is 3.22. The van der Waals surface area contributed by atoms with E-state index in [9.17, 15) is 17.6 Å². The lowest BCUT2D eigenvalue weighted by molar-refractivity contribution is -0.137. The van der Waals surface area contributed by atoms with Crippen LogP contribution >= 0.6 is 0 Å². The fourth-order valence-corrected chi connectivity index (χ4v) is 2.18. The van der Waals surface area contributed by atoms with Gasteiger partial charge in [-0.1, -0.05) is 12.1 Å². The van der Waals surface area contributed by atoms with Gasteiger partial charge < -0.3 is 9.72 Å². The summed E-state index contributed by atoms with van der Waals surface area (Å²) in [5, 5.41) is 0.421.